The van der Waals surface area contributed by atoms with E-state index < -0.39 is 0 Å². The monoisotopic (exact) mass is 179 g/mol. The molecule has 0 atom stereocenters. The molecule has 4 heteroatoms. The Morgan fingerprint density at radius 1 is 1.38 bits per heavy atom. The molecule has 0 spiro atoms. The molecule has 4 nitrogen and oxygen atoms in total. The molecule has 1 aromatic rings. The first-order chi connectivity index (χ1) is 6.20. The Balaban J connectivity index is 2.50. The van der Waals surface area contributed by atoms with Crippen LogP contribution in [-0.2, 0) is 0 Å². The van der Waals surface area contributed by atoms with Gasteiger partial charge in [0.1, 0.15) is 6.33 Å². The fourth-order valence-electron chi connectivity index (χ4n) is 0.913. The first-order valence-corrected chi connectivity index (χ1v) is 4.13. The molecule has 0 unspecified atom stereocenters. The predicted octanol–water partition coefficient (Wildman–Crippen LogP) is 0.611. The molecule has 1 aromatic heterocycles. The highest BCUT2D eigenvalue weighted by molar-refractivity contribution is 5.95. The summed E-state index contributed by atoms with van der Waals surface area (Å²) in [5.74, 6) is 0.0919. The van der Waals surface area contributed by atoms with E-state index in [0.29, 0.717) is 12.0 Å². The number of nitrogens with zero attached hydrogens (tertiary/aromatic N) is 3. The topological polar surface area (TPSA) is 46.1 Å². The highest BCUT2D eigenvalue weighted by atomic mass is 16.1. The van der Waals surface area contributed by atoms with Gasteiger partial charge in [0.05, 0.1) is 5.56 Å². The number of hydrogen-bond acceptors (Lipinski definition) is 4. The van der Waals surface area contributed by atoms with Crippen LogP contribution in [0.1, 0.15) is 16.8 Å². The van der Waals surface area contributed by atoms with Gasteiger partial charge >= 0.3 is 0 Å². The summed E-state index contributed by atoms with van der Waals surface area (Å²) in [6.07, 6.45) is 5.03. The zero-order chi connectivity index (χ0) is 9.68. The number of rotatable bonds is 4. The number of ketones is 1. The molecule has 70 valence electrons. The van der Waals surface area contributed by atoms with Gasteiger partial charge < -0.3 is 4.90 Å². The summed E-state index contributed by atoms with van der Waals surface area (Å²) in [4.78, 5) is 21.0. The van der Waals surface area contributed by atoms with E-state index in [1.54, 1.807) is 12.4 Å². The highest BCUT2D eigenvalue weighted by Gasteiger charge is 2.05. The van der Waals surface area contributed by atoms with Gasteiger partial charge in [0.25, 0.3) is 0 Å². The van der Waals surface area contributed by atoms with Crippen molar-refractivity contribution >= 4 is 5.78 Å². The van der Waals surface area contributed by atoms with E-state index in [4.69, 9.17) is 0 Å². The maximum absolute atomic E-state index is 11.4. The number of hydrogen-bond donors (Lipinski definition) is 0. The van der Waals surface area contributed by atoms with Gasteiger partial charge in [0.2, 0.25) is 0 Å². The van der Waals surface area contributed by atoms with Crippen molar-refractivity contribution in [2.45, 2.75) is 6.42 Å². The smallest absolute Gasteiger partial charge is 0.167 e. The fraction of sp³-hybridized carbons (Fsp3) is 0.444. The molecular formula is C9H13N3O. The number of Topliss-reactive ketones (excluding diaryl/α,β-unsaturated/α-hetero) is 1. The summed E-state index contributed by atoms with van der Waals surface area (Å²) >= 11 is 0. The van der Waals surface area contributed by atoms with Crippen molar-refractivity contribution in [3.63, 3.8) is 0 Å². The summed E-state index contributed by atoms with van der Waals surface area (Å²) in [7, 11) is 3.88. The summed E-state index contributed by atoms with van der Waals surface area (Å²) in [5, 5.41) is 0. The molecule has 0 radical (unpaired) electrons. The molecule has 13 heavy (non-hydrogen) atoms. The largest absolute Gasteiger partial charge is 0.309 e. The van der Waals surface area contributed by atoms with Crippen molar-refractivity contribution < 1.29 is 4.79 Å². The van der Waals surface area contributed by atoms with Crippen molar-refractivity contribution in [3.05, 3.63) is 24.3 Å². The summed E-state index contributed by atoms with van der Waals surface area (Å²) in [6.45, 7) is 0.758. The van der Waals surface area contributed by atoms with E-state index in [9.17, 15) is 4.79 Å². The Bertz CT molecular complexity index is 271. The second-order valence-electron chi connectivity index (χ2n) is 3.10. The number of aromatic nitrogens is 2. The van der Waals surface area contributed by atoms with E-state index in [0.717, 1.165) is 6.54 Å². The minimum Gasteiger partial charge on any atom is -0.309 e. The minimum absolute atomic E-state index is 0.0919. The van der Waals surface area contributed by atoms with Crippen LogP contribution >= 0.6 is 0 Å². The van der Waals surface area contributed by atoms with Gasteiger partial charge in [-0.3, -0.25) is 4.79 Å². The van der Waals surface area contributed by atoms with Crippen LogP contribution in [-0.4, -0.2) is 41.3 Å². The molecule has 0 aliphatic rings. The van der Waals surface area contributed by atoms with Crippen molar-refractivity contribution in [2.24, 2.45) is 0 Å². The van der Waals surface area contributed by atoms with Gasteiger partial charge in [-0.1, -0.05) is 0 Å². The van der Waals surface area contributed by atoms with Crippen LogP contribution in [0.2, 0.25) is 0 Å². The third kappa shape index (κ3) is 3.29. The van der Waals surface area contributed by atoms with Crippen LogP contribution in [0.15, 0.2) is 18.7 Å². The maximum Gasteiger partial charge on any atom is 0.167 e. The van der Waals surface area contributed by atoms with Gasteiger partial charge in [0, 0.05) is 25.4 Å². The maximum atomic E-state index is 11.4. The molecule has 0 N–H and O–H groups in total. The van der Waals surface area contributed by atoms with E-state index in [2.05, 4.69) is 9.97 Å². The Morgan fingerprint density at radius 2 is 2.00 bits per heavy atom. The van der Waals surface area contributed by atoms with E-state index in [-0.39, 0.29) is 5.78 Å². The van der Waals surface area contributed by atoms with Crippen molar-refractivity contribution in [1.82, 2.24) is 14.9 Å². The van der Waals surface area contributed by atoms with Gasteiger partial charge in [0.15, 0.2) is 5.78 Å². The number of carbonyl (C=O) groups is 1. The lowest BCUT2D eigenvalue weighted by Gasteiger charge is -2.07. The highest BCUT2D eigenvalue weighted by Crippen LogP contribution is 1.99. The van der Waals surface area contributed by atoms with Gasteiger partial charge in [-0.15, -0.1) is 0 Å². The lowest BCUT2D eigenvalue weighted by atomic mass is 10.1. The molecule has 0 aliphatic carbocycles. The summed E-state index contributed by atoms with van der Waals surface area (Å²) in [6, 6.07) is 0. The Labute approximate surface area is 77.6 Å². The molecule has 0 aliphatic heterocycles. The fourth-order valence-corrected chi connectivity index (χ4v) is 0.913. The van der Waals surface area contributed by atoms with Crippen LogP contribution in [0.25, 0.3) is 0 Å². The molecular weight excluding hydrogens is 166 g/mol. The molecule has 0 bridgehead atoms. The van der Waals surface area contributed by atoms with E-state index in [1.165, 1.54) is 6.33 Å². The molecule has 1 rings (SSSR count). The van der Waals surface area contributed by atoms with Crippen molar-refractivity contribution in [1.29, 1.82) is 0 Å². The van der Waals surface area contributed by atoms with Gasteiger partial charge in [-0.25, -0.2) is 9.97 Å². The van der Waals surface area contributed by atoms with E-state index in [1.807, 2.05) is 19.0 Å². The van der Waals surface area contributed by atoms with E-state index >= 15 is 0 Å². The average molecular weight is 179 g/mol. The first kappa shape index (κ1) is 9.80. The molecule has 0 amide bonds. The van der Waals surface area contributed by atoms with Crippen molar-refractivity contribution in [3.8, 4) is 0 Å². The van der Waals surface area contributed by atoms with Crippen molar-refractivity contribution in [2.75, 3.05) is 20.6 Å². The third-order valence-corrected chi connectivity index (χ3v) is 1.67. The summed E-state index contributed by atoms with van der Waals surface area (Å²) < 4.78 is 0. The molecule has 0 saturated heterocycles. The predicted molar refractivity (Wildman–Crippen MR) is 49.5 cm³/mol. The zero-order valence-corrected chi connectivity index (χ0v) is 7.90. The quantitative estimate of drug-likeness (QED) is 0.635. The van der Waals surface area contributed by atoms with Gasteiger partial charge in [-0.05, 0) is 14.1 Å². The molecule has 0 saturated carbocycles. The third-order valence-electron chi connectivity index (χ3n) is 1.67. The van der Waals surface area contributed by atoms with Crippen LogP contribution in [0.3, 0.4) is 0 Å². The second-order valence-corrected chi connectivity index (χ2v) is 3.10. The minimum atomic E-state index is 0.0919. The second kappa shape index (κ2) is 4.67. The summed E-state index contributed by atoms with van der Waals surface area (Å²) in [5.41, 5.74) is 0.587. The average Bonchev–Trinajstić information content (AvgIpc) is 2.15. The number of carbonyl (C=O) groups excluding carboxylic acids is 1. The lowest BCUT2D eigenvalue weighted by Crippen LogP contribution is -2.16. The van der Waals surface area contributed by atoms with Crippen LogP contribution in [0.5, 0.6) is 0 Å². The molecule has 0 fully saturated rings. The molecule has 0 aromatic carbocycles. The van der Waals surface area contributed by atoms with Crippen LogP contribution < -0.4 is 0 Å². The first-order valence-electron chi connectivity index (χ1n) is 4.13. The SMILES string of the molecule is CN(C)CCC(=O)c1cncnc1. The molecule has 1 heterocycles. The van der Waals surface area contributed by atoms with Gasteiger partial charge in [-0.2, -0.15) is 0 Å². The van der Waals surface area contributed by atoms with Crippen LogP contribution in [0, 0.1) is 0 Å². The standard InChI is InChI=1S/C9H13N3O/c1-12(2)4-3-9(13)8-5-10-7-11-6-8/h5-7H,3-4H2,1-2H3. The zero-order valence-electron chi connectivity index (χ0n) is 7.90. The normalized spacial score (nSPS) is 10.4. The Kier molecular flexibility index (Phi) is 3.52. The Hall–Kier alpha value is -1.29. The Morgan fingerprint density at radius 3 is 2.54 bits per heavy atom. The lowest BCUT2D eigenvalue weighted by molar-refractivity contribution is 0.0972. The van der Waals surface area contributed by atoms with Crippen LogP contribution in [0.4, 0.5) is 0 Å².